The number of carbonyl (C=O) groups excluding carboxylic acids is 1. The van der Waals surface area contributed by atoms with Crippen LogP contribution in [-0.2, 0) is 9.53 Å². The molecule has 1 aromatic rings. The Hall–Kier alpha value is -1.65. The van der Waals surface area contributed by atoms with Crippen LogP contribution in [0.25, 0.3) is 6.08 Å². The van der Waals surface area contributed by atoms with Crippen LogP contribution in [0.5, 0.6) is 0 Å². The van der Waals surface area contributed by atoms with Crippen molar-refractivity contribution < 1.29 is 14.5 Å². The predicted molar refractivity (Wildman–Crippen MR) is 70.0 cm³/mol. The fourth-order valence-corrected chi connectivity index (χ4v) is 2.50. The van der Waals surface area contributed by atoms with Gasteiger partial charge in [-0.1, -0.05) is 0 Å². The first-order chi connectivity index (χ1) is 8.58. The average Bonchev–Trinajstić information content (AvgIpc) is 2.36. The van der Waals surface area contributed by atoms with Crippen molar-refractivity contribution >= 4 is 37.2 Å². The summed E-state index contributed by atoms with van der Waals surface area (Å²) in [6.07, 6.45) is 2.85. The molecule has 0 heterocycles. The molecule has 0 spiro atoms. The first-order valence-corrected chi connectivity index (χ1v) is 7.82. The Balaban J connectivity index is 3.01. The number of hydrogen-bond donors (Lipinski definition) is 0. The number of ether oxygens (including phenoxy) is 1. The fraction of sp³-hybridized carbons (Fsp3) is 0.250. The summed E-state index contributed by atoms with van der Waals surface area (Å²) in [5, 5.41) is 10.7. The molecule has 1 rings (SSSR count). The van der Waals surface area contributed by atoms with Crippen LogP contribution in [0.4, 0.5) is 5.69 Å². The maximum atomic E-state index is 11.2. The minimum atomic E-state index is -0.450. The Labute approximate surface area is 111 Å². The number of carbonyl (C=O) groups is 1. The van der Waals surface area contributed by atoms with Crippen molar-refractivity contribution in [1.82, 2.24) is 0 Å². The van der Waals surface area contributed by atoms with Crippen LogP contribution in [0.15, 0.2) is 24.3 Å². The molecule has 0 aliphatic heterocycles. The molecule has 0 bridgehead atoms. The van der Waals surface area contributed by atoms with Crippen LogP contribution in [0.2, 0.25) is 5.82 Å². The summed E-state index contributed by atoms with van der Waals surface area (Å²) in [6.45, 7) is 2.03. The molecule has 0 aliphatic rings. The van der Waals surface area contributed by atoms with Crippen LogP contribution in [0.1, 0.15) is 12.5 Å². The van der Waals surface area contributed by atoms with Crippen LogP contribution >= 0.6 is 0 Å². The van der Waals surface area contributed by atoms with Crippen LogP contribution in [0, 0.1) is 10.1 Å². The van der Waals surface area contributed by atoms with Crippen molar-refractivity contribution in [3.63, 3.8) is 0 Å². The number of rotatable bonds is 5. The summed E-state index contributed by atoms with van der Waals surface area (Å²) in [6, 6.07) is 4.67. The molecular formula is C12H13NO4Se. The molecular weight excluding hydrogens is 301 g/mol. The van der Waals surface area contributed by atoms with E-state index >= 15 is 0 Å². The third-order valence-corrected chi connectivity index (χ3v) is 3.81. The summed E-state index contributed by atoms with van der Waals surface area (Å²) in [7, 11) is 0. The molecule has 0 atom stereocenters. The van der Waals surface area contributed by atoms with Gasteiger partial charge in [-0.2, -0.15) is 0 Å². The molecule has 0 aliphatic carbocycles. The first-order valence-electron chi connectivity index (χ1n) is 5.25. The molecule has 0 saturated heterocycles. The van der Waals surface area contributed by atoms with Crippen molar-refractivity contribution in [2.75, 3.05) is 6.61 Å². The molecule has 0 N–H and O–H groups in total. The Bertz CT molecular complexity index is 485. The summed E-state index contributed by atoms with van der Waals surface area (Å²) >= 11 is 0.198. The minimum absolute atomic E-state index is 0.0199. The molecule has 0 saturated carbocycles. The van der Waals surface area contributed by atoms with Gasteiger partial charge in [-0.05, 0) is 0 Å². The molecule has 5 nitrogen and oxygen atoms in total. The van der Waals surface area contributed by atoms with Gasteiger partial charge in [0.15, 0.2) is 0 Å². The van der Waals surface area contributed by atoms with Crippen LogP contribution in [0.3, 0.4) is 0 Å². The Morgan fingerprint density at radius 3 is 2.83 bits per heavy atom. The van der Waals surface area contributed by atoms with E-state index in [-0.39, 0.29) is 20.6 Å². The number of nitrogens with zero attached hydrogens (tertiary/aromatic N) is 1. The number of non-ortho nitro benzene ring substituents is 1. The van der Waals surface area contributed by atoms with Crippen LogP contribution < -0.4 is 4.46 Å². The van der Waals surface area contributed by atoms with Gasteiger partial charge in [-0.3, -0.25) is 0 Å². The van der Waals surface area contributed by atoms with E-state index < -0.39 is 10.9 Å². The van der Waals surface area contributed by atoms with Crippen molar-refractivity contribution in [2.45, 2.75) is 12.7 Å². The van der Waals surface area contributed by atoms with Crippen molar-refractivity contribution in [2.24, 2.45) is 0 Å². The molecule has 96 valence electrons. The number of nitro benzene ring substituents is 1. The van der Waals surface area contributed by atoms with Crippen molar-refractivity contribution in [3.8, 4) is 0 Å². The molecule has 1 aromatic carbocycles. The normalized spacial score (nSPS) is 10.6. The van der Waals surface area contributed by atoms with Gasteiger partial charge < -0.3 is 0 Å². The fourth-order valence-electron chi connectivity index (χ4n) is 1.31. The van der Waals surface area contributed by atoms with Crippen LogP contribution in [-0.4, -0.2) is 32.5 Å². The molecule has 0 unspecified atom stereocenters. The van der Waals surface area contributed by atoms with Gasteiger partial charge in [0.1, 0.15) is 0 Å². The van der Waals surface area contributed by atoms with E-state index in [0.717, 1.165) is 4.46 Å². The van der Waals surface area contributed by atoms with Crippen molar-refractivity contribution in [1.29, 1.82) is 0 Å². The van der Waals surface area contributed by atoms with E-state index in [0.29, 0.717) is 12.2 Å². The van der Waals surface area contributed by atoms with Crippen molar-refractivity contribution in [3.05, 3.63) is 40.0 Å². The second kappa shape index (κ2) is 6.93. The first kappa shape index (κ1) is 14.4. The van der Waals surface area contributed by atoms with Gasteiger partial charge in [0.25, 0.3) is 0 Å². The van der Waals surface area contributed by atoms with E-state index in [1.807, 2.05) is 5.82 Å². The number of nitro groups is 1. The quantitative estimate of drug-likeness (QED) is 0.272. The predicted octanol–water partition coefficient (Wildman–Crippen LogP) is 1.55. The molecule has 0 aromatic heterocycles. The van der Waals surface area contributed by atoms with Gasteiger partial charge >= 0.3 is 111 Å². The second-order valence-electron chi connectivity index (χ2n) is 3.27. The Morgan fingerprint density at radius 1 is 1.56 bits per heavy atom. The van der Waals surface area contributed by atoms with Gasteiger partial charge in [0, 0.05) is 0 Å². The number of esters is 1. The maximum absolute atomic E-state index is 11.2. The number of benzene rings is 1. The second-order valence-corrected chi connectivity index (χ2v) is 5.05. The average molecular weight is 314 g/mol. The topological polar surface area (TPSA) is 69.4 Å². The third kappa shape index (κ3) is 3.98. The monoisotopic (exact) mass is 315 g/mol. The zero-order chi connectivity index (χ0) is 13.5. The summed E-state index contributed by atoms with van der Waals surface area (Å²) in [5.41, 5.74) is 0.714. The third-order valence-electron chi connectivity index (χ3n) is 2.11. The Morgan fingerprint density at radius 2 is 2.28 bits per heavy atom. The number of hydrogen-bond acceptors (Lipinski definition) is 4. The SMILES string of the molecule is CCOC(=O)/C=C/c1cc([N+](=O)[O-])ccc1[Se]C. The summed E-state index contributed by atoms with van der Waals surface area (Å²) < 4.78 is 5.77. The molecule has 0 amide bonds. The van der Waals surface area contributed by atoms with Gasteiger partial charge in [-0.25, -0.2) is 0 Å². The Kier molecular flexibility index (Phi) is 5.55. The van der Waals surface area contributed by atoms with Gasteiger partial charge in [-0.15, -0.1) is 0 Å². The zero-order valence-corrected chi connectivity index (χ0v) is 11.8. The van der Waals surface area contributed by atoms with E-state index in [2.05, 4.69) is 0 Å². The molecule has 0 radical (unpaired) electrons. The van der Waals surface area contributed by atoms with Gasteiger partial charge in [0.2, 0.25) is 0 Å². The van der Waals surface area contributed by atoms with Gasteiger partial charge in [0.05, 0.1) is 0 Å². The molecule has 18 heavy (non-hydrogen) atoms. The zero-order valence-electron chi connectivity index (χ0n) is 10.1. The summed E-state index contributed by atoms with van der Waals surface area (Å²) in [5.74, 6) is 1.56. The standard InChI is InChI=1S/C12H13NO4Se/c1-3-17-12(14)7-4-9-8-10(13(15)16)5-6-11(9)18-2/h4-8H,3H2,1-2H3/b7-4+. The van der Waals surface area contributed by atoms with E-state index in [1.54, 1.807) is 19.1 Å². The van der Waals surface area contributed by atoms with E-state index in [4.69, 9.17) is 4.74 Å². The molecule has 6 heteroatoms. The summed E-state index contributed by atoms with van der Waals surface area (Å²) in [4.78, 5) is 21.4. The van der Waals surface area contributed by atoms with E-state index in [1.165, 1.54) is 18.2 Å². The van der Waals surface area contributed by atoms with E-state index in [9.17, 15) is 14.9 Å². The molecule has 0 fully saturated rings.